The molecule has 1 saturated carbocycles. The molecule has 0 aromatic heterocycles. The van der Waals surface area contributed by atoms with Gasteiger partial charge in [0.25, 0.3) is 0 Å². The van der Waals surface area contributed by atoms with Gasteiger partial charge in [-0.1, -0.05) is 29.3 Å². The van der Waals surface area contributed by atoms with Gasteiger partial charge in [0, 0.05) is 17.7 Å². The first kappa shape index (κ1) is 25.1. The first-order chi connectivity index (χ1) is 15.6. The Bertz CT molecular complexity index is 966. The zero-order chi connectivity index (χ0) is 24.1. The van der Waals surface area contributed by atoms with Crippen molar-refractivity contribution in [1.82, 2.24) is 5.06 Å². The lowest BCUT2D eigenvalue weighted by molar-refractivity contribution is -0.155. The van der Waals surface area contributed by atoms with Crippen LogP contribution in [-0.4, -0.2) is 47.1 Å². The maximum Gasteiger partial charge on any atom is 0.387 e. The second-order valence-electron chi connectivity index (χ2n) is 7.55. The molecule has 180 valence electrons. The van der Waals surface area contributed by atoms with Crippen molar-refractivity contribution in [3.8, 4) is 11.5 Å². The maximum absolute atomic E-state index is 12.8. The third-order valence-electron chi connectivity index (χ3n) is 4.86. The molecule has 8 nitrogen and oxygen atoms in total. The molecule has 33 heavy (non-hydrogen) atoms. The van der Waals surface area contributed by atoms with Crippen LogP contribution < -0.4 is 9.47 Å². The van der Waals surface area contributed by atoms with Crippen molar-refractivity contribution in [2.75, 3.05) is 13.2 Å². The van der Waals surface area contributed by atoms with Crippen LogP contribution in [0.15, 0.2) is 40.0 Å². The Morgan fingerprint density at radius 2 is 1.94 bits per heavy atom. The largest absolute Gasteiger partial charge is 0.489 e. The molecule has 0 saturated heterocycles. The van der Waals surface area contributed by atoms with Crippen LogP contribution in [0, 0.1) is 5.92 Å². The SMILES string of the molecule is O=C(O)CC(=O)O[C@@H](CC1=C(Cl)CN(O)C=C1Cl)c1ccc(OC(F)F)c(OCC2CC2)c1. The van der Waals surface area contributed by atoms with Crippen molar-refractivity contribution in [1.29, 1.82) is 0 Å². The third-order valence-corrected chi connectivity index (χ3v) is 5.54. The van der Waals surface area contributed by atoms with Crippen LogP contribution in [0.5, 0.6) is 11.5 Å². The average Bonchev–Trinajstić information content (AvgIpc) is 3.52. The molecule has 1 aliphatic heterocycles. The lowest BCUT2D eigenvalue weighted by Crippen LogP contribution is -2.21. The number of ether oxygens (including phenoxy) is 3. The summed E-state index contributed by atoms with van der Waals surface area (Å²) in [5.74, 6) is -2.22. The summed E-state index contributed by atoms with van der Waals surface area (Å²) < 4.78 is 41.2. The second kappa shape index (κ2) is 11.0. The van der Waals surface area contributed by atoms with Gasteiger partial charge < -0.3 is 19.3 Å². The lowest BCUT2D eigenvalue weighted by atomic mass is 9.99. The van der Waals surface area contributed by atoms with Crippen LogP contribution in [0.4, 0.5) is 8.78 Å². The van der Waals surface area contributed by atoms with E-state index in [4.69, 9.17) is 37.8 Å². The monoisotopic (exact) mass is 507 g/mol. The van der Waals surface area contributed by atoms with E-state index in [1.165, 1.54) is 24.4 Å². The minimum Gasteiger partial charge on any atom is -0.489 e. The van der Waals surface area contributed by atoms with Gasteiger partial charge in [0.1, 0.15) is 12.5 Å². The molecule has 1 fully saturated rings. The average molecular weight is 508 g/mol. The smallest absolute Gasteiger partial charge is 0.387 e. The highest BCUT2D eigenvalue weighted by molar-refractivity contribution is 6.36. The molecule has 2 N–H and O–H groups in total. The quantitative estimate of drug-likeness (QED) is 0.325. The predicted molar refractivity (Wildman–Crippen MR) is 112 cm³/mol. The number of alkyl halides is 2. The van der Waals surface area contributed by atoms with Crippen molar-refractivity contribution in [3.05, 3.63) is 45.6 Å². The van der Waals surface area contributed by atoms with Crippen molar-refractivity contribution in [2.45, 2.75) is 38.4 Å². The zero-order valence-corrected chi connectivity index (χ0v) is 18.7. The highest BCUT2D eigenvalue weighted by atomic mass is 35.5. The summed E-state index contributed by atoms with van der Waals surface area (Å²) in [4.78, 5) is 23.0. The maximum atomic E-state index is 12.8. The van der Waals surface area contributed by atoms with Gasteiger partial charge in [0.05, 0.1) is 18.2 Å². The fourth-order valence-corrected chi connectivity index (χ4v) is 3.74. The van der Waals surface area contributed by atoms with E-state index < -0.39 is 31.1 Å². The number of hydrogen-bond acceptors (Lipinski definition) is 7. The second-order valence-corrected chi connectivity index (χ2v) is 8.41. The van der Waals surface area contributed by atoms with Gasteiger partial charge in [0.15, 0.2) is 11.5 Å². The summed E-state index contributed by atoms with van der Waals surface area (Å²) in [5, 5.41) is 19.6. The first-order valence-electron chi connectivity index (χ1n) is 9.96. The normalized spacial score (nSPS) is 17.0. The van der Waals surface area contributed by atoms with Gasteiger partial charge in [-0.3, -0.25) is 19.9 Å². The molecule has 0 bridgehead atoms. The lowest BCUT2D eigenvalue weighted by Gasteiger charge is -2.25. The molecule has 0 unspecified atom stereocenters. The highest BCUT2D eigenvalue weighted by Crippen LogP contribution is 2.40. The standard InChI is InChI=1S/C21H21Cl2F2NO7/c22-14-8-26(30)9-15(23)13(14)6-17(32-20(29)7-19(27)28)12-3-4-16(33-21(24)25)18(5-12)31-10-11-1-2-11/h3-5,8,11,17,21,30H,1-2,6-7,9-10H2,(H,27,28)/t17-/m0/s1. The molecular formula is C21H21Cl2F2NO7. The van der Waals surface area contributed by atoms with Crippen LogP contribution in [0.2, 0.25) is 0 Å². The number of hydroxylamine groups is 2. The number of rotatable bonds is 11. The highest BCUT2D eigenvalue weighted by Gasteiger charge is 2.28. The van der Waals surface area contributed by atoms with E-state index in [1.807, 2.05) is 0 Å². The number of carboxylic acids is 1. The van der Waals surface area contributed by atoms with E-state index in [0.29, 0.717) is 23.7 Å². The molecule has 1 atom stereocenters. The van der Waals surface area contributed by atoms with Gasteiger partial charge in [-0.05, 0) is 42.0 Å². The summed E-state index contributed by atoms with van der Waals surface area (Å²) >= 11 is 12.4. The van der Waals surface area contributed by atoms with Gasteiger partial charge in [-0.2, -0.15) is 8.78 Å². The van der Waals surface area contributed by atoms with Gasteiger partial charge in [0.2, 0.25) is 0 Å². The van der Waals surface area contributed by atoms with E-state index in [-0.39, 0.29) is 34.5 Å². The Kier molecular flexibility index (Phi) is 8.39. The number of carbonyl (C=O) groups excluding carboxylic acids is 1. The summed E-state index contributed by atoms with van der Waals surface area (Å²) in [5.41, 5.74) is 0.694. The number of nitrogens with zero attached hydrogens (tertiary/aromatic N) is 1. The van der Waals surface area contributed by atoms with Crippen LogP contribution in [0.3, 0.4) is 0 Å². The van der Waals surface area contributed by atoms with Gasteiger partial charge in [-0.15, -0.1) is 0 Å². The molecule has 0 radical (unpaired) electrons. The molecular weight excluding hydrogens is 487 g/mol. The molecule has 1 aromatic rings. The fourth-order valence-electron chi connectivity index (χ4n) is 3.09. The van der Waals surface area contributed by atoms with Crippen LogP contribution in [0.1, 0.15) is 37.4 Å². The van der Waals surface area contributed by atoms with E-state index in [0.717, 1.165) is 17.9 Å². The Labute approximate surface area is 197 Å². The molecule has 1 aliphatic carbocycles. The van der Waals surface area contributed by atoms with Crippen molar-refractivity contribution in [2.24, 2.45) is 5.92 Å². The minimum atomic E-state index is -3.07. The number of carboxylic acid groups (broad SMARTS) is 1. The predicted octanol–water partition coefficient (Wildman–Crippen LogP) is 4.80. The Morgan fingerprint density at radius 1 is 1.21 bits per heavy atom. The summed E-state index contributed by atoms with van der Waals surface area (Å²) in [6, 6.07) is 4.05. The number of halogens is 4. The van der Waals surface area contributed by atoms with Gasteiger partial charge >= 0.3 is 18.6 Å². The fraction of sp³-hybridized carbons (Fsp3) is 0.429. The molecule has 0 spiro atoms. The van der Waals surface area contributed by atoms with Crippen molar-refractivity contribution < 1.29 is 42.9 Å². The minimum absolute atomic E-state index is 0.0332. The first-order valence-corrected chi connectivity index (χ1v) is 10.7. The van der Waals surface area contributed by atoms with Crippen LogP contribution >= 0.6 is 23.2 Å². The van der Waals surface area contributed by atoms with Crippen molar-refractivity contribution in [3.63, 3.8) is 0 Å². The van der Waals surface area contributed by atoms with Crippen molar-refractivity contribution >= 4 is 35.1 Å². The van der Waals surface area contributed by atoms with Crippen LogP contribution in [0.25, 0.3) is 0 Å². The van der Waals surface area contributed by atoms with E-state index >= 15 is 0 Å². The van der Waals surface area contributed by atoms with E-state index in [1.54, 1.807) is 0 Å². The Hall–Kier alpha value is -2.56. The molecule has 12 heteroatoms. The Balaban J connectivity index is 1.91. The van der Waals surface area contributed by atoms with Crippen LogP contribution in [-0.2, 0) is 14.3 Å². The summed E-state index contributed by atoms with van der Waals surface area (Å²) in [7, 11) is 0. The third kappa shape index (κ3) is 7.48. The number of allylic oxidation sites excluding steroid dienone is 1. The molecule has 3 rings (SSSR count). The number of aliphatic carboxylic acids is 1. The summed E-state index contributed by atoms with van der Waals surface area (Å²) in [6.07, 6.45) is 1.15. The number of benzene rings is 1. The number of carbonyl (C=O) groups is 2. The van der Waals surface area contributed by atoms with E-state index in [2.05, 4.69) is 4.74 Å². The molecule has 1 heterocycles. The van der Waals surface area contributed by atoms with Gasteiger partial charge in [-0.25, -0.2) is 0 Å². The topological polar surface area (TPSA) is 106 Å². The number of hydrogen-bond donors (Lipinski definition) is 2. The Morgan fingerprint density at radius 3 is 2.55 bits per heavy atom. The number of esters is 1. The molecule has 2 aliphatic rings. The van der Waals surface area contributed by atoms with E-state index in [9.17, 15) is 23.6 Å². The summed E-state index contributed by atoms with van der Waals surface area (Å²) in [6.45, 7) is -2.82. The molecule has 1 aromatic carbocycles. The molecule has 0 amide bonds. The zero-order valence-electron chi connectivity index (χ0n) is 17.2.